The molecule has 0 unspecified atom stereocenters. The maximum absolute atomic E-state index is 5.02. The van der Waals surface area contributed by atoms with Crippen LogP contribution in [0.1, 0.15) is 38.5 Å². The van der Waals surface area contributed by atoms with Gasteiger partial charge in [-0.05, 0) is 0 Å². The van der Waals surface area contributed by atoms with Crippen molar-refractivity contribution in [3.05, 3.63) is 12.1 Å². The average Bonchev–Trinajstić information content (AvgIpc) is 3.38. The van der Waals surface area contributed by atoms with E-state index in [1.54, 1.807) is 0 Å². The second-order valence-corrected chi connectivity index (χ2v) is 7.44. The Bertz CT molecular complexity index is 1070. The van der Waals surface area contributed by atoms with E-state index in [9.17, 15) is 0 Å². The molecule has 8 rings (SSSR count). The summed E-state index contributed by atoms with van der Waals surface area (Å²) >= 11 is 0. The first kappa shape index (κ1) is 11.6. The second kappa shape index (κ2) is 3.26. The minimum Gasteiger partial charge on any atom is -0.200 e. The van der Waals surface area contributed by atoms with Crippen LogP contribution in [-0.2, 0) is 5.91 Å². The number of amidine groups is 6. The van der Waals surface area contributed by atoms with E-state index in [1.165, 1.54) is 0 Å². The molecule has 0 atom stereocenters. The molecule has 0 aliphatic carbocycles. The summed E-state index contributed by atoms with van der Waals surface area (Å²) in [6, 6.07) is 4.20. The van der Waals surface area contributed by atoms with Crippen LogP contribution in [0, 0.1) is 0 Å². The first-order valence-electron chi connectivity index (χ1n) is 9.00. The minimum absolute atomic E-state index is 0.495. The normalized spacial score (nSPS) is 27.9. The molecule has 8 heterocycles. The van der Waals surface area contributed by atoms with E-state index in [1.807, 2.05) is 0 Å². The Morgan fingerprint density at radius 1 is 0.720 bits per heavy atom. The van der Waals surface area contributed by atoms with Gasteiger partial charge in [-0.2, -0.15) is 13.7 Å². The summed E-state index contributed by atoms with van der Waals surface area (Å²) in [5.41, 5.74) is 0. The summed E-state index contributed by atoms with van der Waals surface area (Å²) in [7, 11) is 0. The molecule has 1 aromatic heterocycles. The van der Waals surface area contributed by atoms with Gasteiger partial charge >= 0.3 is 5.91 Å². The largest absolute Gasteiger partial charge is 0.403 e. The molecular weight excluding hydrogens is 316 g/mol. The van der Waals surface area contributed by atoms with Gasteiger partial charge in [-0.25, -0.2) is 4.90 Å². The predicted octanol–water partition coefficient (Wildman–Crippen LogP) is 1.47. The molecule has 0 amide bonds. The lowest BCUT2D eigenvalue weighted by Gasteiger charge is -2.45. The Kier molecular flexibility index (Phi) is 1.52. The fraction of sp³-hybridized carbons (Fsp3) is 0.412. The lowest BCUT2D eigenvalue weighted by molar-refractivity contribution is -0.804. The minimum atomic E-state index is -0.495. The van der Waals surface area contributed by atoms with Crippen LogP contribution in [0.15, 0.2) is 32.1 Å². The SMILES string of the molecule is c1cc2n3c1N=C1CCC4=[N+]1C31N3C(=N4)CCC3=NC3=[N+]1C(=N2)CC3. The fourth-order valence-electron chi connectivity index (χ4n) is 5.52. The van der Waals surface area contributed by atoms with Crippen molar-refractivity contribution < 1.29 is 9.15 Å². The van der Waals surface area contributed by atoms with E-state index < -0.39 is 5.91 Å². The zero-order chi connectivity index (χ0) is 15.9. The summed E-state index contributed by atoms with van der Waals surface area (Å²) in [6.45, 7) is 0. The highest BCUT2D eigenvalue weighted by atomic mass is 15.7. The van der Waals surface area contributed by atoms with Crippen molar-refractivity contribution in [3.63, 3.8) is 0 Å². The van der Waals surface area contributed by atoms with Gasteiger partial charge < -0.3 is 0 Å². The standard InChI is InChI=1S/C17H14N8/c1-2-10-19-12-5-6-14-21-16-8-7-15-20-13-4-3-11-18-9(1)22(10)17(23(11)13,24(12)14)25(15)16/h1-2H,3-8H2/q+2. The maximum atomic E-state index is 5.02. The van der Waals surface area contributed by atoms with E-state index in [0.717, 1.165) is 85.2 Å². The monoisotopic (exact) mass is 330 g/mol. The lowest BCUT2D eigenvalue weighted by Crippen LogP contribution is -2.72. The lowest BCUT2D eigenvalue weighted by atomic mass is 10.2. The highest BCUT2D eigenvalue weighted by molar-refractivity contribution is 6.17. The molecule has 0 saturated carbocycles. The zero-order valence-electron chi connectivity index (χ0n) is 13.5. The average molecular weight is 330 g/mol. The van der Waals surface area contributed by atoms with Crippen molar-refractivity contribution in [1.82, 2.24) is 9.47 Å². The van der Waals surface area contributed by atoms with Gasteiger partial charge in [0.05, 0.1) is 0 Å². The van der Waals surface area contributed by atoms with E-state index in [4.69, 9.17) is 20.0 Å². The second-order valence-electron chi connectivity index (χ2n) is 7.44. The van der Waals surface area contributed by atoms with Gasteiger partial charge in [0.1, 0.15) is 0 Å². The van der Waals surface area contributed by atoms with Crippen LogP contribution in [-0.4, -0.2) is 53.6 Å². The van der Waals surface area contributed by atoms with Crippen LogP contribution < -0.4 is 0 Å². The van der Waals surface area contributed by atoms with Crippen molar-refractivity contribution in [1.29, 1.82) is 0 Å². The third-order valence-corrected chi connectivity index (χ3v) is 6.31. The van der Waals surface area contributed by atoms with Crippen molar-refractivity contribution in [2.75, 3.05) is 0 Å². The molecular formula is C17H14N8+2. The Morgan fingerprint density at radius 2 is 1.28 bits per heavy atom. The molecule has 8 heteroatoms. The number of aliphatic imine (C=N–C) groups is 4. The molecule has 7 aliphatic rings. The number of hydrogen-bond acceptors (Lipinski definition) is 5. The summed E-state index contributed by atoms with van der Waals surface area (Å²) in [5, 5.41) is 0. The molecule has 0 N–H and O–H groups in total. The third kappa shape index (κ3) is 0.970. The molecule has 25 heavy (non-hydrogen) atoms. The first-order valence-corrected chi connectivity index (χ1v) is 9.00. The quantitative estimate of drug-likeness (QED) is 0.665. The predicted molar refractivity (Wildman–Crippen MR) is 91.5 cm³/mol. The molecule has 120 valence electrons. The van der Waals surface area contributed by atoms with E-state index in [-0.39, 0.29) is 0 Å². The maximum Gasteiger partial charge on any atom is 0.403 e. The van der Waals surface area contributed by atoms with Crippen LogP contribution in [0.25, 0.3) is 0 Å². The van der Waals surface area contributed by atoms with Crippen molar-refractivity contribution in [3.8, 4) is 0 Å². The highest BCUT2D eigenvalue weighted by Gasteiger charge is 2.71. The van der Waals surface area contributed by atoms with Gasteiger partial charge in [0.15, 0.2) is 11.7 Å². The summed E-state index contributed by atoms with van der Waals surface area (Å²) in [5.74, 6) is 8.31. The molecule has 0 bridgehead atoms. The van der Waals surface area contributed by atoms with Gasteiger partial charge in [-0.3, -0.25) is 0 Å². The molecule has 1 aromatic rings. The van der Waals surface area contributed by atoms with Crippen LogP contribution in [0.2, 0.25) is 0 Å². The Hall–Kier alpha value is -2.90. The number of rotatable bonds is 0. The molecule has 1 saturated heterocycles. The van der Waals surface area contributed by atoms with Crippen LogP contribution in [0.5, 0.6) is 0 Å². The number of aromatic nitrogens is 1. The van der Waals surface area contributed by atoms with Crippen LogP contribution in [0.3, 0.4) is 0 Å². The van der Waals surface area contributed by atoms with Crippen LogP contribution in [0.4, 0.5) is 11.6 Å². The van der Waals surface area contributed by atoms with E-state index in [2.05, 4.69) is 30.8 Å². The van der Waals surface area contributed by atoms with Crippen molar-refractivity contribution in [2.45, 2.75) is 44.4 Å². The molecule has 1 fully saturated rings. The molecule has 7 aliphatic heterocycles. The first-order chi connectivity index (χ1) is 12.4. The zero-order valence-corrected chi connectivity index (χ0v) is 13.5. The fourth-order valence-corrected chi connectivity index (χ4v) is 5.52. The highest BCUT2D eigenvalue weighted by Crippen LogP contribution is 2.50. The molecule has 0 aromatic carbocycles. The topological polar surface area (TPSA) is 63.6 Å². The summed E-state index contributed by atoms with van der Waals surface area (Å²) in [6.07, 6.45) is 5.74. The van der Waals surface area contributed by atoms with Crippen molar-refractivity contribution in [2.24, 2.45) is 20.0 Å². The number of hydrogen-bond donors (Lipinski definition) is 0. The van der Waals surface area contributed by atoms with E-state index in [0.29, 0.717) is 0 Å². The molecule has 0 radical (unpaired) electrons. The Labute approximate surface area is 142 Å². The Morgan fingerprint density at radius 3 is 1.84 bits per heavy atom. The molecule has 1 spiro atoms. The van der Waals surface area contributed by atoms with Gasteiger partial charge in [-0.1, -0.05) is 20.0 Å². The van der Waals surface area contributed by atoms with Gasteiger partial charge in [0.2, 0.25) is 35.0 Å². The number of nitrogens with zero attached hydrogens (tertiary/aromatic N) is 8. The van der Waals surface area contributed by atoms with Crippen LogP contribution >= 0.6 is 0 Å². The smallest absolute Gasteiger partial charge is 0.200 e. The summed E-state index contributed by atoms with van der Waals surface area (Å²) in [4.78, 5) is 22.3. The van der Waals surface area contributed by atoms with Crippen molar-refractivity contribution >= 4 is 46.6 Å². The molecule has 8 nitrogen and oxygen atoms in total. The van der Waals surface area contributed by atoms with Gasteiger partial charge in [0, 0.05) is 50.7 Å². The van der Waals surface area contributed by atoms with E-state index >= 15 is 0 Å². The van der Waals surface area contributed by atoms with Gasteiger partial charge in [0.25, 0.3) is 0 Å². The third-order valence-electron chi connectivity index (χ3n) is 6.31. The Balaban J connectivity index is 1.66. The summed E-state index contributed by atoms with van der Waals surface area (Å²) < 4.78 is 7.03. The van der Waals surface area contributed by atoms with Gasteiger partial charge in [-0.15, -0.1) is 0 Å².